The van der Waals surface area contributed by atoms with Gasteiger partial charge in [0.15, 0.2) is 0 Å². The molecule has 0 aliphatic carbocycles. The molecular formula is C13H21BrN2S. The van der Waals surface area contributed by atoms with Crippen LogP contribution in [0.15, 0.2) is 15.9 Å². The second-order valence-electron chi connectivity index (χ2n) is 5.56. The minimum Gasteiger partial charge on any atom is -0.310 e. The maximum Gasteiger partial charge on any atom is 0.0701 e. The van der Waals surface area contributed by atoms with Gasteiger partial charge in [-0.15, -0.1) is 11.3 Å². The molecular weight excluding hydrogens is 296 g/mol. The van der Waals surface area contributed by atoms with Gasteiger partial charge in [-0.25, -0.2) is 0 Å². The molecule has 0 amide bonds. The largest absolute Gasteiger partial charge is 0.310 e. The van der Waals surface area contributed by atoms with Crippen molar-refractivity contribution in [2.24, 2.45) is 0 Å². The second-order valence-corrected chi connectivity index (χ2v) is 8.11. The number of hydrogen-bond donors (Lipinski definition) is 1. The minimum absolute atomic E-state index is 0.310. The molecule has 0 bridgehead atoms. The van der Waals surface area contributed by atoms with E-state index in [-0.39, 0.29) is 0 Å². The van der Waals surface area contributed by atoms with E-state index in [0.717, 1.165) is 19.5 Å². The van der Waals surface area contributed by atoms with Crippen molar-refractivity contribution in [1.82, 2.24) is 10.2 Å². The number of hydrogen-bond acceptors (Lipinski definition) is 3. The lowest BCUT2D eigenvalue weighted by Crippen LogP contribution is -2.34. The van der Waals surface area contributed by atoms with E-state index in [0.29, 0.717) is 11.6 Å². The number of likely N-dealkylation sites (N-methyl/N-ethyl adjacent to an activating group) is 1. The highest BCUT2D eigenvalue weighted by Gasteiger charge is 2.32. The maximum absolute atomic E-state index is 3.58. The van der Waals surface area contributed by atoms with Gasteiger partial charge in [-0.05, 0) is 61.8 Å². The first-order valence-electron chi connectivity index (χ1n) is 6.16. The van der Waals surface area contributed by atoms with Gasteiger partial charge in [-0.2, -0.15) is 0 Å². The molecule has 17 heavy (non-hydrogen) atoms. The molecule has 0 radical (unpaired) electrons. The van der Waals surface area contributed by atoms with Crippen molar-refractivity contribution in [3.8, 4) is 0 Å². The van der Waals surface area contributed by atoms with Gasteiger partial charge >= 0.3 is 0 Å². The van der Waals surface area contributed by atoms with Crippen LogP contribution in [0, 0.1) is 0 Å². The lowest BCUT2D eigenvalue weighted by atomic mass is 10.0. The van der Waals surface area contributed by atoms with Crippen LogP contribution in [0.4, 0.5) is 0 Å². The van der Waals surface area contributed by atoms with Crippen LogP contribution in [0.2, 0.25) is 0 Å². The Kier molecular flexibility index (Phi) is 4.29. The first kappa shape index (κ1) is 13.5. The molecule has 1 unspecified atom stereocenters. The summed E-state index contributed by atoms with van der Waals surface area (Å²) in [6.45, 7) is 6.85. The maximum atomic E-state index is 3.58. The number of halogens is 1. The van der Waals surface area contributed by atoms with Crippen molar-refractivity contribution in [2.45, 2.75) is 38.3 Å². The van der Waals surface area contributed by atoms with Gasteiger partial charge in [0.25, 0.3) is 0 Å². The summed E-state index contributed by atoms with van der Waals surface area (Å²) in [5, 5.41) is 3.58. The zero-order valence-electron chi connectivity index (χ0n) is 10.8. The van der Waals surface area contributed by atoms with Crippen molar-refractivity contribution < 1.29 is 0 Å². The average Bonchev–Trinajstić information content (AvgIpc) is 2.81. The SMILES string of the molecule is CN(CCc1ccc(Br)s1)C1CNC(C)(C)C1. The number of thiophene rings is 1. The van der Waals surface area contributed by atoms with Crippen molar-refractivity contribution in [1.29, 1.82) is 0 Å². The summed E-state index contributed by atoms with van der Waals surface area (Å²) in [5.74, 6) is 0. The van der Waals surface area contributed by atoms with Gasteiger partial charge in [0.2, 0.25) is 0 Å². The van der Waals surface area contributed by atoms with Gasteiger partial charge in [0, 0.05) is 29.5 Å². The molecule has 4 heteroatoms. The summed E-state index contributed by atoms with van der Waals surface area (Å²) in [6.07, 6.45) is 2.40. The Balaban J connectivity index is 1.80. The third-order valence-corrected chi connectivity index (χ3v) is 5.21. The van der Waals surface area contributed by atoms with E-state index in [1.165, 1.54) is 15.1 Å². The van der Waals surface area contributed by atoms with E-state index in [2.05, 4.69) is 59.2 Å². The van der Waals surface area contributed by atoms with Crippen LogP contribution in [0.5, 0.6) is 0 Å². The number of nitrogens with one attached hydrogen (secondary N) is 1. The van der Waals surface area contributed by atoms with E-state index in [1.54, 1.807) is 0 Å². The zero-order valence-corrected chi connectivity index (χ0v) is 13.2. The summed E-state index contributed by atoms with van der Waals surface area (Å²) in [6, 6.07) is 5.05. The van der Waals surface area contributed by atoms with Crippen LogP contribution < -0.4 is 5.32 Å². The zero-order chi connectivity index (χ0) is 12.5. The molecule has 1 aliphatic heterocycles. The molecule has 2 heterocycles. The first-order valence-corrected chi connectivity index (χ1v) is 7.77. The van der Waals surface area contributed by atoms with E-state index in [1.807, 2.05) is 11.3 Å². The quantitative estimate of drug-likeness (QED) is 0.918. The molecule has 0 spiro atoms. The molecule has 0 saturated carbocycles. The Labute approximate surface area is 117 Å². The normalized spacial score (nSPS) is 23.5. The van der Waals surface area contributed by atoms with Crippen LogP contribution in [0.3, 0.4) is 0 Å². The molecule has 1 aromatic rings. The summed E-state index contributed by atoms with van der Waals surface area (Å²) in [5.41, 5.74) is 0.310. The fourth-order valence-corrected chi connectivity index (χ4v) is 3.87. The fourth-order valence-electron chi connectivity index (χ4n) is 2.39. The molecule has 1 aliphatic rings. The minimum atomic E-state index is 0.310. The first-order chi connectivity index (χ1) is 7.96. The Morgan fingerprint density at radius 2 is 2.29 bits per heavy atom. The molecule has 2 rings (SSSR count). The highest BCUT2D eigenvalue weighted by Crippen LogP contribution is 2.24. The smallest absolute Gasteiger partial charge is 0.0701 e. The van der Waals surface area contributed by atoms with Crippen molar-refractivity contribution in [2.75, 3.05) is 20.1 Å². The van der Waals surface area contributed by atoms with E-state index in [9.17, 15) is 0 Å². The molecule has 0 aromatic carbocycles. The molecule has 1 saturated heterocycles. The van der Waals surface area contributed by atoms with Crippen LogP contribution in [0.25, 0.3) is 0 Å². The predicted molar refractivity (Wildman–Crippen MR) is 78.8 cm³/mol. The Hall–Kier alpha value is 0.1000. The summed E-state index contributed by atoms with van der Waals surface area (Å²) >= 11 is 5.36. The third-order valence-electron chi connectivity index (χ3n) is 3.53. The van der Waals surface area contributed by atoms with E-state index >= 15 is 0 Å². The summed E-state index contributed by atoms with van der Waals surface area (Å²) < 4.78 is 1.24. The van der Waals surface area contributed by atoms with E-state index in [4.69, 9.17) is 0 Å². The number of rotatable bonds is 4. The van der Waals surface area contributed by atoms with Crippen LogP contribution in [-0.4, -0.2) is 36.6 Å². The molecule has 96 valence electrons. The average molecular weight is 317 g/mol. The third kappa shape index (κ3) is 3.78. The van der Waals surface area contributed by atoms with Gasteiger partial charge in [-0.3, -0.25) is 0 Å². The Bertz CT molecular complexity index is 375. The van der Waals surface area contributed by atoms with Crippen molar-refractivity contribution in [3.05, 3.63) is 20.8 Å². The topological polar surface area (TPSA) is 15.3 Å². The van der Waals surface area contributed by atoms with Gasteiger partial charge < -0.3 is 10.2 Å². The lowest BCUT2D eigenvalue weighted by molar-refractivity contribution is 0.252. The lowest BCUT2D eigenvalue weighted by Gasteiger charge is -2.24. The van der Waals surface area contributed by atoms with Crippen LogP contribution in [0.1, 0.15) is 25.1 Å². The number of nitrogens with zero attached hydrogens (tertiary/aromatic N) is 1. The van der Waals surface area contributed by atoms with Gasteiger partial charge in [-0.1, -0.05) is 0 Å². The molecule has 1 N–H and O–H groups in total. The standard InChI is InChI=1S/C13H21BrN2S/c1-13(2)8-10(9-15-13)16(3)7-6-11-4-5-12(14)17-11/h4-5,10,15H,6-9H2,1-3H3. The van der Waals surface area contributed by atoms with Crippen molar-refractivity contribution in [3.63, 3.8) is 0 Å². The monoisotopic (exact) mass is 316 g/mol. The van der Waals surface area contributed by atoms with Crippen LogP contribution in [-0.2, 0) is 6.42 Å². The van der Waals surface area contributed by atoms with Crippen LogP contribution >= 0.6 is 27.3 Å². The molecule has 1 fully saturated rings. The summed E-state index contributed by atoms with van der Waals surface area (Å²) in [7, 11) is 2.25. The van der Waals surface area contributed by atoms with Crippen molar-refractivity contribution >= 4 is 27.3 Å². The molecule has 1 aromatic heterocycles. The van der Waals surface area contributed by atoms with Gasteiger partial charge in [0.05, 0.1) is 3.79 Å². The van der Waals surface area contributed by atoms with Gasteiger partial charge in [0.1, 0.15) is 0 Å². The predicted octanol–water partition coefficient (Wildman–Crippen LogP) is 3.13. The highest BCUT2D eigenvalue weighted by atomic mass is 79.9. The highest BCUT2D eigenvalue weighted by molar-refractivity contribution is 9.11. The fraction of sp³-hybridized carbons (Fsp3) is 0.692. The Morgan fingerprint density at radius 1 is 1.53 bits per heavy atom. The molecule has 1 atom stereocenters. The summed E-state index contributed by atoms with van der Waals surface area (Å²) in [4.78, 5) is 3.96. The Morgan fingerprint density at radius 3 is 2.82 bits per heavy atom. The second kappa shape index (κ2) is 5.39. The molecule has 2 nitrogen and oxygen atoms in total. The van der Waals surface area contributed by atoms with E-state index < -0.39 is 0 Å².